The molecule has 0 radical (unpaired) electrons. The number of ether oxygens (including phenoxy) is 1. The Labute approximate surface area is 223 Å². The van der Waals surface area contributed by atoms with Gasteiger partial charge in [0.15, 0.2) is 0 Å². The van der Waals surface area contributed by atoms with E-state index in [1.54, 1.807) is 48.5 Å². The van der Waals surface area contributed by atoms with E-state index in [0.717, 1.165) is 13.5 Å². The summed E-state index contributed by atoms with van der Waals surface area (Å²) in [6, 6.07) is 16.8. The third kappa shape index (κ3) is 6.50. The highest BCUT2D eigenvalue weighted by Crippen LogP contribution is 2.27. The van der Waals surface area contributed by atoms with Gasteiger partial charge in [-0.3, -0.25) is 9.10 Å². The van der Waals surface area contributed by atoms with E-state index in [4.69, 9.17) is 20.8 Å². The van der Waals surface area contributed by atoms with Gasteiger partial charge in [-0.2, -0.15) is 12.7 Å². The molecule has 4 aromatic rings. The number of carboxylic acid groups (broad SMARTS) is 1. The summed E-state index contributed by atoms with van der Waals surface area (Å²) in [5, 5.41) is 11.8. The first kappa shape index (κ1) is 26.7. The summed E-state index contributed by atoms with van der Waals surface area (Å²) in [7, 11) is -2.78. The summed E-state index contributed by atoms with van der Waals surface area (Å²) >= 11 is 7.43. The Morgan fingerprint density at radius 3 is 2.46 bits per heavy atom. The van der Waals surface area contributed by atoms with Crippen LogP contribution in [0.15, 0.2) is 70.5 Å². The van der Waals surface area contributed by atoms with E-state index in [2.05, 4.69) is 4.98 Å². The van der Waals surface area contributed by atoms with Crippen LogP contribution >= 0.6 is 22.9 Å². The molecule has 0 aliphatic carbocycles. The fourth-order valence-electron chi connectivity index (χ4n) is 3.44. The van der Waals surface area contributed by atoms with Crippen LogP contribution in [0.5, 0.6) is 5.75 Å². The lowest BCUT2D eigenvalue weighted by Crippen LogP contribution is -2.44. The number of benzene rings is 2. The van der Waals surface area contributed by atoms with Crippen molar-refractivity contribution < 1.29 is 27.5 Å². The molecule has 0 aliphatic heterocycles. The van der Waals surface area contributed by atoms with Crippen molar-refractivity contribution in [3.05, 3.63) is 88.1 Å². The van der Waals surface area contributed by atoms with Crippen LogP contribution in [0.4, 0.5) is 5.69 Å². The van der Waals surface area contributed by atoms with Gasteiger partial charge >= 0.3 is 16.2 Å². The molecule has 4 rings (SSSR count). The zero-order valence-corrected chi connectivity index (χ0v) is 22.4. The van der Waals surface area contributed by atoms with E-state index in [-0.39, 0.29) is 13.2 Å². The molecule has 0 atom stereocenters. The average Bonchev–Trinajstić information content (AvgIpc) is 3.53. The van der Waals surface area contributed by atoms with E-state index in [9.17, 15) is 18.3 Å². The minimum atomic E-state index is -4.14. The summed E-state index contributed by atoms with van der Waals surface area (Å²) in [6.45, 7) is 1.19. The molecule has 0 saturated heterocycles. The fraction of sp³-hybridized carbons (Fsp3) is 0.200. The number of anilines is 1. The predicted octanol–water partition coefficient (Wildman–Crippen LogP) is 5.21. The standard InChI is InChI=1S/C25H24ClN3O6S2/c1-17-22(27-25(35-17)23-4-3-13-36-23)16-34-21-11-5-18(6-12-21)14-29(15-24(30)31)37(32,33)28(2)20-9-7-19(26)8-10-20/h3-13H,14-16H2,1-2H3,(H,30,31). The Morgan fingerprint density at radius 2 is 1.84 bits per heavy atom. The van der Waals surface area contributed by atoms with Crippen molar-refractivity contribution in [1.82, 2.24) is 9.29 Å². The number of aryl methyl sites for hydroxylation is 1. The summed E-state index contributed by atoms with van der Waals surface area (Å²) in [4.78, 5) is 16.9. The van der Waals surface area contributed by atoms with Crippen LogP contribution in [0, 0.1) is 6.92 Å². The number of hydrogen-bond acceptors (Lipinski definition) is 7. The molecule has 1 N–H and O–H groups in total. The molecule has 0 unspecified atom stereocenters. The number of hydrogen-bond donors (Lipinski definition) is 1. The van der Waals surface area contributed by atoms with Crippen molar-refractivity contribution in [1.29, 1.82) is 0 Å². The molecule has 194 valence electrons. The van der Waals surface area contributed by atoms with E-state index in [0.29, 0.717) is 39.4 Å². The monoisotopic (exact) mass is 561 g/mol. The molecule has 2 aromatic heterocycles. The molecule has 0 amide bonds. The Kier molecular flexibility index (Phi) is 8.18. The van der Waals surface area contributed by atoms with Crippen molar-refractivity contribution in [2.24, 2.45) is 0 Å². The van der Waals surface area contributed by atoms with Crippen LogP contribution in [0.25, 0.3) is 10.8 Å². The maximum absolute atomic E-state index is 13.2. The van der Waals surface area contributed by atoms with Crippen LogP contribution in [-0.4, -0.2) is 42.4 Å². The summed E-state index contributed by atoms with van der Waals surface area (Å²) in [6.07, 6.45) is 0. The van der Waals surface area contributed by atoms with Crippen molar-refractivity contribution in [3.8, 4) is 16.5 Å². The minimum Gasteiger partial charge on any atom is -0.487 e. The van der Waals surface area contributed by atoms with Gasteiger partial charge in [-0.1, -0.05) is 29.8 Å². The lowest BCUT2D eigenvalue weighted by atomic mass is 10.2. The molecule has 0 spiro atoms. The van der Waals surface area contributed by atoms with Gasteiger partial charge in [-0.15, -0.1) is 11.3 Å². The normalized spacial score (nSPS) is 11.6. The topological polar surface area (TPSA) is 113 Å². The van der Waals surface area contributed by atoms with E-state index in [1.165, 1.54) is 18.4 Å². The molecule has 0 fully saturated rings. The van der Waals surface area contributed by atoms with E-state index < -0.39 is 22.7 Å². The maximum Gasteiger partial charge on any atom is 0.318 e. The Bertz CT molecular complexity index is 1450. The van der Waals surface area contributed by atoms with Crippen LogP contribution < -0.4 is 9.04 Å². The number of nitrogens with zero attached hydrogens (tertiary/aromatic N) is 3. The minimum absolute atomic E-state index is 0.139. The van der Waals surface area contributed by atoms with Gasteiger partial charge in [0.25, 0.3) is 0 Å². The molecular weight excluding hydrogens is 538 g/mol. The van der Waals surface area contributed by atoms with Crippen molar-refractivity contribution in [3.63, 3.8) is 0 Å². The second-order valence-corrected chi connectivity index (χ2v) is 11.4. The quantitative estimate of drug-likeness (QED) is 0.267. The highest BCUT2D eigenvalue weighted by atomic mass is 35.5. The van der Waals surface area contributed by atoms with Crippen LogP contribution in [0.1, 0.15) is 17.0 Å². The Balaban J connectivity index is 1.44. The number of oxazole rings is 1. The van der Waals surface area contributed by atoms with E-state index in [1.807, 2.05) is 24.4 Å². The lowest BCUT2D eigenvalue weighted by molar-refractivity contribution is -0.137. The van der Waals surface area contributed by atoms with Crippen LogP contribution in [-0.2, 0) is 28.2 Å². The Hall–Kier alpha value is -3.38. The molecule has 2 heterocycles. The highest BCUT2D eigenvalue weighted by molar-refractivity contribution is 7.90. The maximum atomic E-state index is 13.2. The van der Waals surface area contributed by atoms with Gasteiger partial charge in [0, 0.05) is 18.6 Å². The molecule has 12 heteroatoms. The fourth-order valence-corrected chi connectivity index (χ4v) is 5.54. The average molecular weight is 562 g/mol. The first-order chi connectivity index (χ1) is 17.6. The molecular formula is C25H24ClN3O6S2. The zero-order valence-electron chi connectivity index (χ0n) is 20.0. The van der Waals surface area contributed by atoms with Gasteiger partial charge in [-0.05, 0) is 60.3 Å². The van der Waals surface area contributed by atoms with Gasteiger partial charge in [0.1, 0.15) is 30.4 Å². The van der Waals surface area contributed by atoms with Gasteiger partial charge < -0.3 is 14.3 Å². The van der Waals surface area contributed by atoms with Crippen LogP contribution in [0.3, 0.4) is 0 Å². The number of rotatable bonds is 11. The van der Waals surface area contributed by atoms with Crippen molar-refractivity contribution in [2.75, 3.05) is 17.9 Å². The number of halogens is 1. The molecule has 9 nitrogen and oxygen atoms in total. The van der Waals surface area contributed by atoms with Gasteiger partial charge in [-0.25, -0.2) is 4.98 Å². The summed E-state index contributed by atoms with van der Waals surface area (Å²) in [5.41, 5.74) is 1.63. The smallest absolute Gasteiger partial charge is 0.318 e. The molecule has 0 bridgehead atoms. The number of carbonyl (C=O) groups is 1. The first-order valence-electron chi connectivity index (χ1n) is 11.1. The van der Waals surface area contributed by atoms with Gasteiger partial charge in [0.05, 0.1) is 10.6 Å². The molecule has 37 heavy (non-hydrogen) atoms. The number of thiophene rings is 1. The van der Waals surface area contributed by atoms with Crippen molar-refractivity contribution >= 4 is 44.8 Å². The lowest BCUT2D eigenvalue weighted by Gasteiger charge is -2.27. The van der Waals surface area contributed by atoms with E-state index >= 15 is 0 Å². The second-order valence-electron chi connectivity index (χ2n) is 8.05. The Morgan fingerprint density at radius 1 is 1.14 bits per heavy atom. The molecule has 0 saturated carbocycles. The first-order valence-corrected chi connectivity index (χ1v) is 13.7. The number of carboxylic acids is 1. The molecule has 0 aliphatic rings. The zero-order chi connectivity index (χ0) is 26.6. The van der Waals surface area contributed by atoms with Crippen LogP contribution in [0.2, 0.25) is 5.02 Å². The summed E-state index contributed by atoms with van der Waals surface area (Å²) < 4.78 is 39.9. The highest BCUT2D eigenvalue weighted by Gasteiger charge is 2.29. The summed E-state index contributed by atoms with van der Waals surface area (Å²) in [5.74, 6) is 0.497. The predicted molar refractivity (Wildman–Crippen MR) is 142 cm³/mol. The second kappa shape index (κ2) is 11.3. The van der Waals surface area contributed by atoms with Gasteiger partial charge in [0.2, 0.25) is 5.89 Å². The largest absolute Gasteiger partial charge is 0.487 e. The SMILES string of the molecule is Cc1oc(-c2cccs2)nc1COc1ccc(CN(CC(=O)O)S(=O)(=O)N(C)c2ccc(Cl)cc2)cc1. The third-order valence-corrected chi connectivity index (χ3v) is 8.38. The third-order valence-electron chi connectivity index (χ3n) is 5.46. The molecule has 2 aromatic carbocycles. The van der Waals surface area contributed by atoms with Crippen molar-refractivity contribution in [2.45, 2.75) is 20.1 Å². The number of aromatic nitrogens is 1. The number of aliphatic carboxylic acids is 1.